The van der Waals surface area contributed by atoms with Crippen molar-refractivity contribution in [3.8, 4) is 0 Å². The monoisotopic (exact) mass is 163 g/mol. The van der Waals surface area contributed by atoms with Crippen molar-refractivity contribution in [3.05, 3.63) is 0 Å². The quantitative estimate of drug-likeness (QED) is 0.422. The second-order valence-electron chi connectivity index (χ2n) is 3.07. The highest BCUT2D eigenvalue weighted by molar-refractivity contribution is 4.81. The molecule has 4 heteroatoms. The van der Waals surface area contributed by atoms with Gasteiger partial charge in [-0.1, -0.05) is 13.3 Å². The Hall–Kier alpha value is -0.160. The Balaban J connectivity index is 4.00. The van der Waals surface area contributed by atoms with Gasteiger partial charge in [0.25, 0.3) is 0 Å². The lowest BCUT2D eigenvalue weighted by Gasteiger charge is -2.33. The molecule has 5 N–H and O–H groups in total. The van der Waals surface area contributed by atoms with Gasteiger partial charge in [0.2, 0.25) is 5.79 Å². The lowest BCUT2D eigenvalue weighted by Crippen LogP contribution is -2.58. The first kappa shape index (κ1) is 10.8. The van der Waals surface area contributed by atoms with Gasteiger partial charge in [-0.25, -0.2) is 0 Å². The van der Waals surface area contributed by atoms with Gasteiger partial charge >= 0.3 is 0 Å². The molecular formula is C7H17NO3. The summed E-state index contributed by atoms with van der Waals surface area (Å²) in [5.74, 6) is -2.18. The van der Waals surface area contributed by atoms with Crippen LogP contribution >= 0.6 is 0 Å². The molecule has 68 valence electrons. The largest absolute Gasteiger partial charge is 0.371 e. The third-order valence-corrected chi connectivity index (χ3v) is 1.69. The van der Waals surface area contributed by atoms with Gasteiger partial charge in [-0.3, -0.25) is 5.73 Å². The van der Waals surface area contributed by atoms with Crippen LogP contribution in [0.25, 0.3) is 0 Å². The highest BCUT2D eigenvalue weighted by Crippen LogP contribution is 2.20. The van der Waals surface area contributed by atoms with Crippen LogP contribution < -0.4 is 5.73 Å². The summed E-state index contributed by atoms with van der Waals surface area (Å²) in [7, 11) is 0. The fourth-order valence-corrected chi connectivity index (χ4v) is 0.676. The number of nitrogens with two attached hydrogens (primary N) is 1. The third kappa shape index (κ3) is 3.16. The maximum Gasteiger partial charge on any atom is 0.206 e. The van der Waals surface area contributed by atoms with Crippen LogP contribution in [0.2, 0.25) is 0 Å². The smallest absolute Gasteiger partial charge is 0.206 e. The molecule has 0 aromatic rings. The van der Waals surface area contributed by atoms with E-state index in [0.29, 0.717) is 6.42 Å². The Bertz CT molecular complexity index is 117. The molecule has 0 rings (SSSR count). The Morgan fingerprint density at radius 3 is 2.00 bits per heavy atom. The van der Waals surface area contributed by atoms with Crippen molar-refractivity contribution in [2.24, 2.45) is 5.73 Å². The van der Waals surface area contributed by atoms with Gasteiger partial charge in [-0.15, -0.1) is 0 Å². The standard InChI is InChI=1S/C7H17NO3/c1-3-4-5-7(10,11)6(2,8)9/h9-11H,3-5,8H2,1-2H3. The number of rotatable bonds is 4. The van der Waals surface area contributed by atoms with Gasteiger partial charge in [0, 0.05) is 6.42 Å². The molecular weight excluding hydrogens is 146 g/mol. The van der Waals surface area contributed by atoms with Gasteiger partial charge in [-0.05, 0) is 13.3 Å². The maximum atomic E-state index is 9.16. The molecule has 0 aliphatic rings. The summed E-state index contributed by atoms with van der Waals surface area (Å²) in [5, 5.41) is 27.4. The van der Waals surface area contributed by atoms with E-state index in [0.717, 1.165) is 6.42 Å². The Kier molecular flexibility index (Phi) is 3.44. The number of unbranched alkanes of at least 4 members (excludes halogenated alkanes) is 1. The summed E-state index contributed by atoms with van der Waals surface area (Å²) in [6.45, 7) is 3.09. The third-order valence-electron chi connectivity index (χ3n) is 1.69. The van der Waals surface area contributed by atoms with Crippen molar-refractivity contribution in [1.82, 2.24) is 0 Å². The molecule has 0 aliphatic carbocycles. The van der Waals surface area contributed by atoms with Crippen LogP contribution in [-0.2, 0) is 0 Å². The zero-order valence-electron chi connectivity index (χ0n) is 7.04. The predicted molar refractivity (Wildman–Crippen MR) is 41.5 cm³/mol. The molecule has 0 amide bonds. The molecule has 0 radical (unpaired) electrons. The zero-order valence-corrected chi connectivity index (χ0v) is 7.04. The molecule has 0 spiro atoms. The van der Waals surface area contributed by atoms with E-state index in [9.17, 15) is 0 Å². The molecule has 11 heavy (non-hydrogen) atoms. The van der Waals surface area contributed by atoms with Crippen molar-refractivity contribution in [3.63, 3.8) is 0 Å². The number of aliphatic hydroxyl groups is 3. The van der Waals surface area contributed by atoms with Gasteiger partial charge < -0.3 is 15.3 Å². The lowest BCUT2D eigenvalue weighted by atomic mass is 9.99. The molecule has 0 saturated carbocycles. The van der Waals surface area contributed by atoms with Crippen molar-refractivity contribution in [2.75, 3.05) is 0 Å². The molecule has 0 heterocycles. The minimum atomic E-state index is -2.18. The zero-order chi connectivity index (χ0) is 9.12. The molecule has 0 aliphatic heterocycles. The summed E-state index contributed by atoms with van der Waals surface area (Å²) >= 11 is 0. The molecule has 0 aromatic carbocycles. The van der Waals surface area contributed by atoms with Crippen molar-refractivity contribution >= 4 is 0 Å². The lowest BCUT2D eigenvalue weighted by molar-refractivity contribution is -0.270. The summed E-state index contributed by atoms with van der Waals surface area (Å²) in [6.07, 6.45) is 1.55. The van der Waals surface area contributed by atoms with E-state index in [-0.39, 0.29) is 6.42 Å². The molecule has 0 bridgehead atoms. The number of hydrogen-bond donors (Lipinski definition) is 4. The Morgan fingerprint density at radius 2 is 1.73 bits per heavy atom. The van der Waals surface area contributed by atoms with E-state index in [1.807, 2.05) is 6.92 Å². The average Bonchev–Trinajstić information content (AvgIpc) is 1.81. The number of hydrogen-bond acceptors (Lipinski definition) is 4. The Labute approximate surface area is 66.7 Å². The molecule has 0 fully saturated rings. The SMILES string of the molecule is CCCCC(O)(O)C(C)(N)O. The minimum Gasteiger partial charge on any atom is -0.371 e. The van der Waals surface area contributed by atoms with Crippen LogP contribution in [-0.4, -0.2) is 26.8 Å². The van der Waals surface area contributed by atoms with E-state index in [2.05, 4.69) is 0 Å². The van der Waals surface area contributed by atoms with Gasteiger partial charge in [-0.2, -0.15) is 0 Å². The van der Waals surface area contributed by atoms with E-state index < -0.39 is 11.5 Å². The highest BCUT2D eigenvalue weighted by Gasteiger charge is 2.40. The van der Waals surface area contributed by atoms with Gasteiger partial charge in [0.1, 0.15) is 0 Å². The van der Waals surface area contributed by atoms with Crippen LogP contribution in [0.5, 0.6) is 0 Å². The summed E-state index contributed by atoms with van der Waals surface area (Å²) in [4.78, 5) is 0. The summed E-state index contributed by atoms with van der Waals surface area (Å²) < 4.78 is 0. The van der Waals surface area contributed by atoms with E-state index in [1.54, 1.807) is 0 Å². The first-order chi connectivity index (χ1) is 4.81. The molecule has 0 saturated heterocycles. The molecule has 0 aromatic heterocycles. The summed E-state index contributed by atoms with van der Waals surface area (Å²) in [5.41, 5.74) is 3.17. The van der Waals surface area contributed by atoms with Crippen molar-refractivity contribution < 1.29 is 15.3 Å². The van der Waals surface area contributed by atoms with Gasteiger partial charge in [0.05, 0.1) is 0 Å². The topological polar surface area (TPSA) is 86.7 Å². The first-order valence-electron chi connectivity index (χ1n) is 3.77. The van der Waals surface area contributed by atoms with Crippen LogP contribution in [0.4, 0.5) is 0 Å². The van der Waals surface area contributed by atoms with E-state index in [1.165, 1.54) is 6.92 Å². The maximum absolute atomic E-state index is 9.16. The fourth-order valence-electron chi connectivity index (χ4n) is 0.676. The van der Waals surface area contributed by atoms with Crippen molar-refractivity contribution in [2.45, 2.75) is 44.6 Å². The van der Waals surface area contributed by atoms with Crippen LogP contribution in [0.1, 0.15) is 33.1 Å². The second-order valence-corrected chi connectivity index (χ2v) is 3.07. The fraction of sp³-hybridized carbons (Fsp3) is 1.00. The highest BCUT2D eigenvalue weighted by atomic mass is 16.5. The van der Waals surface area contributed by atoms with E-state index >= 15 is 0 Å². The molecule has 1 atom stereocenters. The van der Waals surface area contributed by atoms with E-state index in [4.69, 9.17) is 21.1 Å². The molecule has 4 nitrogen and oxygen atoms in total. The van der Waals surface area contributed by atoms with Crippen LogP contribution in [0.3, 0.4) is 0 Å². The summed E-state index contributed by atoms with van der Waals surface area (Å²) in [6, 6.07) is 0. The minimum absolute atomic E-state index is 0.0903. The molecule has 1 unspecified atom stereocenters. The van der Waals surface area contributed by atoms with Crippen LogP contribution in [0.15, 0.2) is 0 Å². The van der Waals surface area contributed by atoms with Crippen LogP contribution in [0, 0.1) is 0 Å². The second kappa shape index (κ2) is 3.49. The van der Waals surface area contributed by atoms with Gasteiger partial charge in [0.15, 0.2) is 5.72 Å². The normalized spacial score (nSPS) is 18.0. The predicted octanol–water partition coefficient (Wildman–Crippen LogP) is -0.475. The first-order valence-corrected chi connectivity index (χ1v) is 3.77. The average molecular weight is 163 g/mol. The Morgan fingerprint density at radius 1 is 1.27 bits per heavy atom. The van der Waals surface area contributed by atoms with Crippen molar-refractivity contribution in [1.29, 1.82) is 0 Å².